The van der Waals surface area contributed by atoms with E-state index >= 15 is 0 Å². The van der Waals surface area contributed by atoms with Crippen LogP contribution in [0.1, 0.15) is 43.7 Å². The molecule has 10 nitrogen and oxygen atoms in total. The first-order valence-corrected chi connectivity index (χ1v) is 8.87. The number of aliphatic hydroxyl groups excluding tert-OH is 3. The van der Waals surface area contributed by atoms with E-state index in [4.69, 9.17) is 4.74 Å². The van der Waals surface area contributed by atoms with Crippen molar-refractivity contribution in [1.29, 1.82) is 0 Å². The predicted molar refractivity (Wildman–Crippen MR) is 88.3 cm³/mol. The Balaban J connectivity index is 1.58. The van der Waals surface area contributed by atoms with Gasteiger partial charge in [-0.05, 0) is 12.8 Å². The highest BCUT2D eigenvalue weighted by atomic mass is 16.6. The van der Waals surface area contributed by atoms with Gasteiger partial charge in [0.2, 0.25) is 0 Å². The van der Waals surface area contributed by atoms with E-state index in [1.807, 2.05) is 4.40 Å². The van der Waals surface area contributed by atoms with E-state index in [0.717, 1.165) is 18.7 Å². The van der Waals surface area contributed by atoms with E-state index in [0.29, 0.717) is 22.7 Å². The van der Waals surface area contributed by atoms with Gasteiger partial charge in [-0.2, -0.15) is 0 Å². The second-order valence-electron chi connectivity index (χ2n) is 7.03. The standard InChI is InChI=1S/C16H20N6O4/c23-5-9-11(24)12(25)16(26-9)22-6-17-10-14(22)18-7-21-13(19-20-15(10)21)8-3-1-2-4-8/h6-9,11-12,16,23-25H,1-5H2/t9-,11?,12+,16-/m1/s1. The maximum atomic E-state index is 10.3. The number of fused-ring (bicyclic) bond motifs is 3. The molecule has 0 aromatic carbocycles. The molecule has 0 radical (unpaired) electrons. The minimum absolute atomic E-state index is 0.381. The number of aliphatic hydroxyl groups is 3. The van der Waals surface area contributed by atoms with Crippen LogP contribution >= 0.6 is 0 Å². The lowest BCUT2D eigenvalue weighted by molar-refractivity contribution is -0.0511. The third-order valence-electron chi connectivity index (χ3n) is 5.51. The molecule has 2 aliphatic rings. The molecule has 4 heterocycles. The average molecular weight is 360 g/mol. The molecular formula is C16H20N6O4. The van der Waals surface area contributed by atoms with E-state index in [1.54, 1.807) is 10.9 Å². The van der Waals surface area contributed by atoms with E-state index in [2.05, 4.69) is 20.2 Å². The molecule has 0 spiro atoms. The van der Waals surface area contributed by atoms with Crippen molar-refractivity contribution < 1.29 is 20.1 Å². The Hall–Kier alpha value is -2.14. The van der Waals surface area contributed by atoms with E-state index in [-0.39, 0.29) is 6.61 Å². The Bertz CT molecular complexity index is 949. The van der Waals surface area contributed by atoms with Crippen molar-refractivity contribution >= 4 is 16.8 Å². The summed E-state index contributed by atoms with van der Waals surface area (Å²) in [7, 11) is 0. The minimum Gasteiger partial charge on any atom is -0.394 e. The minimum atomic E-state index is -1.19. The van der Waals surface area contributed by atoms with Crippen molar-refractivity contribution in [3.05, 3.63) is 18.5 Å². The molecule has 0 bridgehead atoms. The first kappa shape index (κ1) is 16.1. The Morgan fingerprint density at radius 1 is 1.04 bits per heavy atom. The van der Waals surface area contributed by atoms with Crippen LogP contribution in [0.5, 0.6) is 0 Å². The summed E-state index contributed by atoms with van der Waals surface area (Å²) in [4.78, 5) is 8.86. The Labute approximate surface area is 148 Å². The number of nitrogens with zero attached hydrogens (tertiary/aromatic N) is 6. The lowest BCUT2D eigenvalue weighted by Gasteiger charge is -2.16. The van der Waals surface area contributed by atoms with Crippen LogP contribution in [0.25, 0.3) is 16.8 Å². The Kier molecular flexibility index (Phi) is 3.67. The highest BCUT2D eigenvalue weighted by molar-refractivity contribution is 5.85. The van der Waals surface area contributed by atoms with Gasteiger partial charge in [-0.15, -0.1) is 10.2 Å². The number of ether oxygens (including phenoxy) is 1. The molecule has 138 valence electrons. The van der Waals surface area contributed by atoms with Gasteiger partial charge < -0.3 is 20.1 Å². The summed E-state index contributed by atoms with van der Waals surface area (Å²) in [6.07, 6.45) is 3.71. The zero-order valence-electron chi connectivity index (χ0n) is 14.0. The molecule has 26 heavy (non-hydrogen) atoms. The van der Waals surface area contributed by atoms with Crippen molar-refractivity contribution in [1.82, 2.24) is 29.1 Å². The van der Waals surface area contributed by atoms with Crippen LogP contribution in [-0.2, 0) is 4.74 Å². The van der Waals surface area contributed by atoms with Crippen LogP contribution in [0.15, 0.2) is 12.7 Å². The summed E-state index contributed by atoms with van der Waals surface area (Å²) in [5.74, 6) is 1.31. The number of rotatable bonds is 3. The smallest absolute Gasteiger partial charge is 0.191 e. The topological polar surface area (TPSA) is 131 Å². The van der Waals surface area contributed by atoms with Crippen molar-refractivity contribution in [2.24, 2.45) is 0 Å². The molecule has 4 atom stereocenters. The first-order chi connectivity index (χ1) is 12.7. The van der Waals surface area contributed by atoms with Crippen LogP contribution in [0.3, 0.4) is 0 Å². The number of hydrogen-bond acceptors (Lipinski definition) is 8. The molecule has 3 N–H and O–H groups in total. The highest BCUT2D eigenvalue weighted by Crippen LogP contribution is 2.35. The van der Waals surface area contributed by atoms with Gasteiger partial charge in [0.1, 0.15) is 30.5 Å². The molecule has 3 aromatic heterocycles. The van der Waals surface area contributed by atoms with Crippen LogP contribution in [0, 0.1) is 0 Å². The van der Waals surface area contributed by atoms with E-state index in [9.17, 15) is 15.3 Å². The lowest BCUT2D eigenvalue weighted by atomic mass is 10.1. The van der Waals surface area contributed by atoms with Gasteiger partial charge in [-0.25, -0.2) is 9.97 Å². The van der Waals surface area contributed by atoms with Crippen molar-refractivity contribution in [2.45, 2.75) is 56.1 Å². The summed E-state index contributed by atoms with van der Waals surface area (Å²) >= 11 is 0. The molecule has 1 saturated heterocycles. The molecule has 1 unspecified atom stereocenters. The fraction of sp³-hybridized carbons (Fsp3) is 0.625. The Morgan fingerprint density at radius 3 is 2.58 bits per heavy atom. The summed E-state index contributed by atoms with van der Waals surface area (Å²) < 4.78 is 9.02. The summed E-state index contributed by atoms with van der Waals surface area (Å²) in [5, 5.41) is 38.2. The monoisotopic (exact) mass is 360 g/mol. The van der Waals surface area contributed by atoms with Crippen LogP contribution < -0.4 is 0 Å². The van der Waals surface area contributed by atoms with Crippen molar-refractivity contribution in [3.63, 3.8) is 0 Å². The lowest BCUT2D eigenvalue weighted by Crippen LogP contribution is -2.33. The average Bonchev–Trinajstić information content (AvgIpc) is 3.41. The largest absolute Gasteiger partial charge is 0.394 e. The van der Waals surface area contributed by atoms with Gasteiger partial charge >= 0.3 is 0 Å². The van der Waals surface area contributed by atoms with Crippen LogP contribution in [-0.4, -0.2) is 69.4 Å². The van der Waals surface area contributed by atoms with Gasteiger partial charge in [-0.1, -0.05) is 12.8 Å². The normalized spacial score (nSPS) is 30.1. The highest BCUT2D eigenvalue weighted by Gasteiger charge is 2.44. The van der Waals surface area contributed by atoms with Gasteiger partial charge in [0.15, 0.2) is 23.0 Å². The summed E-state index contributed by atoms with van der Waals surface area (Å²) in [6, 6.07) is 0. The van der Waals surface area contributed by atoms with Crippen molar-refractivity contribution in [3.8, 4) is 0 Å². The third-order valence-corrected chi connectivity index (χ3v) is 5.51. The molecule has 2 fully saturated rings. The number of aromatic nitrogens is 6. The molecule has 1 aliphatic heterocycles. The fourth-order valence-corrected chi connectivity index (χ4v) is 4.09. The fourth-order valence-electron chi connectivity index (χ4n) is 4.09. The zero-order chi connectivity index (χ0) is 17.8. The van der Waals surface area contributed by atoms with Gasteiger partial charge in [-0.3, -0.25) is 8.97 Å². The Morgan fingerprint density at radius 2 is 1.85 bits per heavy atom. The van der Waals surface area contributed by atoms with Gasteiger partial charge in [0.05, 0.1) is 12.9 Å². The van der Waals surface area contributed by atoms with Gasteiger partial charge in [0.25, 0.3) is 0 Å². The quantitative estimate of drug-likeness (QED) is 0.582. The SMILES string of the molecule is OC[C@H]1O[C@@H](n2cnc3c2ncn2c(C4CCCC4)nnc32)[C@@H](O)C1O. The molecule has 10 heteroatoms. The molecule has 3 aromatic rings. The maximum Gasteiger partial charge on any atom is 0.191 e. The van der Waals surface area contributed by atoms with E-state index < -0.39 is 24.5 Å². The van der Waals surface area contributed by atoms with Gasteiger partial charge in [0, 0.05) is 5.92 Å². The van der Waals surface area contributed by atoms with Crippen LogP contribution in [0.2, 0.25) is 0 Å². The molecule has 0 amide bonds. The first-order valence-electron chi connectivity index (χ1n) is 8.87. The van der Waals surface area contributed by atoms with Crippen LogP contribution in [0.4, 0.5) is 0 Å². The molecule has 5 rings (SSSR count). The van der Waals surface area contributed by atoms with E-state index in [1.165, 1.54) is 19.2 Å². The molecule has 1 aliphatic carbocycles. The summed E-state index contributed by atoms with van der Waals surface area (Å²) in [6.45, 7) is -0.381. The second-order valence-corrected chi connectivity index (χ2v) is 7.03. The second kappa shape index (κ2) is 5.95. The maximum absolute atomic E-state index is 10.3. The number of imidazole rings is 1. The molecular weight excluding hydrogens is 340 g/mol. The van der Waals surface area contributed by atoms with Crippen molar-refractivity contribution in [2.75, 3.05) is 6.61 Å². The summed E-state index contributed by atoms with van der Waals surface area (Å²) in [5.41, 5.74) is 1.65. The third kappa shape index (κ3) is 2.19. The molecule has 1 saturated carbocycles. The zero-order valence-corrected chi connectivity index (χ0v) is 14.0. The predicted octanol–water partition coefficient (Wildman–Crippen LogP) is -0.257. The number of hydrogen-bond donors (Lipinski definition) is 3.